The zero-order valence-electron chi connectivity index (χ0n) is 17.6. The van der Waals surface area contributed by atoms with Crippen LogP contribution >= 0.6 is 0 Å². The Bertz CT molecular complexity index is 397. The number of guanidine groups is 1. The summed E-state index contributed by atoms with van der Waals surface area (Å²) in [5.41, 5.74) is 0. The van der Waals surface area contributed by atoms with E-state index >= 15 is 0 Å². The van der Waals surface area contributed by atoms with Gasteiger partial charge in [-0.2, -0.15) is 0 Å². The van der Waals surface area contributed by atoms with Crippen LogP contribution in [0.1, 0.15) is 40.0 Å². The minimum atomic E-state index is 0.509. The summed E-state index contributed by atoms with van der Waals surface area (Å²) in [5, 5.41) is 6.91. The lowest BCUT2D eigenvalue weighted by molar-refractivity contribution is 0.122. The SMILES string of the molecule is CCNC(=NCC(C)N1CCN(C)CC1)NCCCN1CCC(C)CC1. The van der Waals surface area contributed by atoms with Crippen molar-refractivity contribution in [3.05, 3.63) is 0 Å². The van der Waals surface area contributed by atoms with E-state index in [1.165, 1.54) is 52.0 Å². The highest BCUT2D eigenvalue weighted by atomic mass is 15.3. The molecule has 0 aromatic rings. The van der Waals surface area contributed by atoms with Gasteiger partial charge in [0, 0.05) is 45.3 Å². The molecule has 2 heterocycles. The maximum atomic E-state index is 4.83. The summed E-state index contributed by atoms with van der Waals surface area (Å²) in [6.45, 7) is 18.0. The standard InChI is InChI=1S/C20H42N6/c1-5-21-20(22-9-6-10-25-11-7-18(2)8-12-25)23-17-19(3)26-15-13-24(4)14-16-26/h18-19H,5-17H2,1-4H3,(H2,21,22,23). The molecule has 26 heavy (non-hydrogen) atoms. The largest absolute Gasteiger partial charge is 0.357 e. The lowest BCUT2D eigenvalue weighted by Gasteiger charge is -2.35. The smallest absolute Gasteiger partial charge is 0.191 e. The molecule has 2 rings (SSSR count). The number of likely N-dealkylation sites (tertiary alicyclic amines) is 1. The molecule has 0 radical (unpaired) electrons. The second-order valence-corrected chi connectivity index (χ2v) is 8.21. The molecule has 152 valence electrons. The number of nitrogens with zero attached hydrogens (tertiary/aromatic N) is 4. The summed E-state index contributed by atoms with van der Waals surface area (Å²) < 4.78 is 0. The van der Waals surface area contributed by atoms with Gasteiger partial charge in [-0.3, -0.25) is 9.89 Å². The summed E-state index contributed by atoms with van der Waals surface area (Å²) in [6.07, 6.45) is 3.91. The highest BCUT2D eigenvalue weighted by molar-refractivity contribution is 5.79. The fourth-order valence-electron chi connectivity index (χ4n) is 3.74. The van der Waals surface area contributed by atoms with Gasteiger partial charge in [0.25, 0.3) is 0 Å². The van der Waals surface area contributed by atoms with Gasteiger partial charge in [-0.05, 0) is 65.7 Å². The van der Waals surface area contributed by atoms with E-state index in [0.717, 1.165) is 44.6 Å². The summed E-state index contributed by atoms with van der Waals surface area (Å²) in [6, 6.07) is 0.509. The van der Waals surface area contributed by atoms with E-state index in [1.54, 1.807) is 0 Å². The molecular formula is C20H42N6. The third-order valence-corrected chi connectivity index (χ3v) is 5.84. The van der Waals surface area contributed by atoms with Crippen molar-refractivity contribution in [3.63, 3.8) is 0 Å². The van der Waals surface area contributed by atoms with Crippen LogP contribution in [0.4, 0.5) is 0 Å². The third kappa shape index (κ3) is 7.80. The molecule has 2 fully saturated rings. The van der Waals surface area contributed by atoms with Gasteiger partial charge < -0.3 is 20.4 Å². The molecule has 0 saturated carbocycles. The van der Waals surface area contributed by atoms with Gasteiger partial charge in [0.2, 0.25) is 0 Å². The summed E-state index contributed by atoms with van der Waals surface area (Å²) in [5.74, 6) is 1.89. The quantitative estimate of drug-likeness (QED) is 0.385. The highest BCUT2D eigenvalue weighted by Crippen LogP contribution is 2.15. The second-order valence-electron chi connectivity index (χ2n) is 8.21. The van der Waals surface area contributed by atoms with Crippen molar-refractivity contribution < 1.29 is 0 Å². The highest BCUT2D eigenvalue weighted by Gasteiger charge is 2.19. The van der Waals surface area contributed by atoms with Crippen LogP contribution < -0.4 is 10.6 Å². The Morgan fingerprint density at radius 1 is 1.08 bits per heavy atom. The predicted octanol–water partition coefficient (Wildman–Crippen LogP) is 1.30. The van der Waals surface area contributed by atoms with Crippen molar-refractivity contribution >= 4 is 5.96 Å². The third-order valence-electron chi connectivity index (χ3n) is 5.84. The van der Waals surface area contributed by atoms with Crippen LogP contribution in [-0.2, 0) is 0 Å². The van der Waals surface area contributed by atoms with E-state index in [0.29, 0.717) is 6.04 Å². The molecule has 6 heteroatoms. The van der Waals surface area contributed by atoms with E-state index in [-0.39, 0.29) is 0 Å². The predicted molar refractivity (Wildman–Crippen MR) is 112 cm³/mol. The van der Waals surface area contributed by atoms with E-state index in [4.69, 9.17) is 4.99 Å². The van der Waals surface area contributed by atoms with Crippen molar-refractivity contribution in [1.82, 2.24) is 25.3 Å². The van der Waals surface area contributed by atoms with Crippen molar-refractivity contribution in [1.29, 1.82) is 0 Å². The van der Waals surface area contributed by atoms with Gasteiger partial charge in [-0.15, -0.1) is 0 Å². The Morgan fingerprint density at radius 3 is 2.42 bits per heavy atom. The van der Waals surface area contributed by atoms with Crippen molar-refractivity contribution in [2.75, 3.05) is 72.5 Å². The lowest BCUT2D eigenvalue weighted by atomic mass is 9.99. The zero-order valence-corrected chi connectivity index (χ0v) is 17.6. The monoisotopic (exact) mass is 366 g/mol. The van der Waals surface area contributed by atoms with Gasteiger partial charge in [-0.1, -0.05) is 6.92 Å². The Hall–Kier alpha value is -0.850. The molecule has 2 aliphatic heterocycles. The first-order valence-electron chi connectivity index (χ1n) is 10.8. The normalized spacial score (nSPS) is 23.2. The Labute approximate surface area is 161 Å². The molecule has 0 aliphatic carbocycles. The van der Waals surface area contributed by atoms with Crippen LogP contribution in [0.5, 0.6) is 0 Å². The number of piperidine rings is 1. The van der Waals surface area contributed by atoms with E-state index < -0.39 is 0 Å². The van der Waals surface area contributed by atoms with Crippen LogP contribution in [0.3, 0.4) is 0 Å². The first-order chi connectivity index (χ1) is 12.6. The number of aliphatic imine (C=N–C) groups is 1. The molecule has 0 aromatic carbocycles. The molecule has 6 nitrogen and oxygen atoms in total. The molecular weight excluding hydrogens is 324 g/mol. The number of rotatable bonds is 8. The first kappa shape index (κ1) is 21.5. The molecule has 1 atom stereocenters. The average Bonchev–Trinajstić information content (AvgIpc) is 2.65. The number of hydrogen-bond donors (Lipinski definition) is 2. The molecule has 0 aromatic heterocycles. The molecule has 2 N–H and O–H groups in total. The van der Waals surface area contributed by atoms with Crippen molar-refractivity contribution in [2.24, 2.45) is 10.9 Å². The van der Waals surface area contributed by atoms with Crippen molar-refractivity contribution in [2.45, 2.75) is 46.1 Å². The number of likely N-dealkylation sites (N-methyl/N-ethyl adjacent to an activating group) is 1. The lowest BCUT2D eigenvalue weighted by Crippen LogP contribution is -2.49. The van der Waals surface area contributed by atoms with Gasteiger partial charge in [0.05, 0.1) is 6.54 Å². The molecule has 0 amide bonds. The molecule has 1 unspecified atom stereocenters. The van der Waals surface area contributed by atoms with Gasteiger partial charge >= 0.3 is 0 Å². The van der Waals surface area contributed by atoms with Gasteiger partial charge in [0.15, 0.2) is 5.96 Å². The zero-order chi connectivity index (χ0) is 18.8. The Kier molecular flexibility index (Phi) is 9.72. The van der Waals surface area contributed by atoms with Crippen LogP contribution in [0.2, 0.25) is 0 Å². The minimum Gasteiger partial charge on any atom is -0.357 e. The van der Waals surface area contributed by atoms with Crippen LogP contribution in [0.15, 0.2) is 4.99 Å². The topological polar surface area (TPSA) is 46.1 Å². The van der Waals surface area contributed by atoms with Crippen LogP contribution in [0.25, 0.3) is 0 Å². The molecule has 2 saturated heterocycles. The molecule has 2 aliphatic rings. The van der Waals surface area contributed by atoms with Crippen LogP contribution in [0, 0.1) is 5.92 Å². The average molecular weight is 367 g/mol. The summed E-state index contributed by atoms with van der Waals surface area (Å²) in [4.78, 5) is 12.4. The number of piperazine rings is 1. The minimum absolute atomic E-state index is 0.509. The van der Waals surface area contributed by atoms with Crippen LogP contribution in [-0.4, -0.2) is 99.2 Å². The second kappa shape index (κ2) is 11.8. The first-order valence-corrected chi connectivity index (χ1v) is 10.8. The molecule has 0 spiro atoms. The maximum absolute atomic E-state index is 4.83. The van der Waals surface area contributed by atoms with E-state index in [1.807, 2.05) is 0 Å². The Balaban J connectivity index is 1.65. The maximum Gasteiger partial charge on any atom is 0.191 e. The number of nitrogens with one attached hydrogen (secondary N) is 2. The van der Waals surface area contributed by atoms with Gasteiger partial charge in [0.1, 0.15) is 0 Å². The fourth-order valence-corrected chi connectivity index (χ4v) is 3.74. The number of hydrogen-bond acceptors (Lipinski definition) is 4. The van der Waals surface area contributed by atoms with Gasteiger partial charge in [-0.25, -0.2) is 0 Å². The summed E-state index contributed by atoms with van der Waals surface area (Å²) in [7, 11) is 2.21. The summed E-state index contributed by atoms with van der Waals surface area (Å²) >= 11 is 0. The van der Waals surface area contributed by atoms with E-state index in [9.17, 15) is 0 Å². The fraction of sp³-hybridized carbons (Fsp3) is 0.950. The van der Waals surface area contributed by atoms with Crippen molar-refractivity contribution in [3.8, 4) is 0 Å². The van der Waals surface area contributed by atoms with E-state index in [2.05, 4.69) is 53.2 Å². The Morgan fingerprint density at radius 2 is 1.77 bits per heavy atom. The molecule has 0 bridgehead atoms.